The summed E-state index contributed by atoms with van der Waals surface area (Å²) in [5.41, 5.74) is 1.16. The molecule has 0 aliphatic heterocycles. The van der Waals surface area contributed by atoms with Crippen LogP contribution in [-0.2, 0) is 11.3 Å². The molecule has 3 N–H and O–H groups in total. The normalized spacial score (nSPS) is 14.9. The minimum Gasteiger partial charge on any atom is -0.497 e. The van der Waals surface area contributed by atoms with Gasteiger partial charge in [-0.2, -0.15) is 0 Å². The maximum absolute atomic E-state index is 12.0. The summed E-state index contributed by atoms with van der Waals surface area (Å²) in [7, 11) is 1.64. The van der Waals surface area contributed by atoms with Crippen LogP contribution in [0.4, 0.5) is 4.79 Å². The lowest BCUT2D eigenvalue weighted by molar-refractivity contribution is -0.917. The number of carbonyl (C=O) groups is 2. The van der Waals surface area contributed by atoms with Crippen LogP contribution in [0.25, 0.3) is 0 Å². The standard InChI is InChI=1S/C17H25N3O3/c1-3-10-18-17(22)19-16(21)12-20(14-6-7-14)11-13-4-8-15(23-2)9-5-13/h4-5,8-9,14H,3,6-7,10-12H2,1-2H3,(H2,18,19,21,22)/p+1. The van der Waals surface area contributed by atoms with Gasteiger partial charge in [0.15, 0.2) is 6.54 Å². The average Bonchev–Trinajstić information content (AvgIpc) is 3.38. The van der Waals surface area contributed by atoms with Crippen LogP contribution in [0.5, 0.6) is 5.75 Å². The van der Waals surface area contributed by atoms with Gasteiger partial charge in [0.05, 0.1) is 13.2 Å². The number of ether oxygens (including phenoxy) is 1. The average molecular weight is 320 g/mol. The third kappa shape index (κ3) is 5.90. The van der Waals surface area contributed by atoms with Crippen molar-refractivity contribution in [3.63, 3.8) is 0 Å². The molecule has 0 bridgehead atoms. The van der Waals surface area contributed by atoms with E-state index in [9.17, 15) is 9.59 Å². The third-order valence-electron chi connectivity index (χ3n) is 3.92. The smallest absolute Gasteiger partial charge is 0.321 e. The molecule has 1 atom stereocenters. The van der Waals surface area contributed by atoms with Crippen molar-refractivity contribution in [2.75, 3.05) is 20.2 Å². The Labute approximate surface area is 137 Å². The molecule has 2 rings (SSSR count). The number of hydrogen-bond donors (Lipinski definition) is 3. The highest BCUT2D eigenvalue weighted by molar-refractivity contribution is 5.94. The van der Waals surface area contributed by atoms with E-state index in [0.717, 1.165) is 37.1 Å². The van der Waals surface area contributed by atoms with Crippen molar-refractivity contribution in [2.45, 2.75) is 38.8 Å². The summed E-state index contributed by atoms with van der Waals surface area (Å²) in [6, 6.07) is 8.01. The number of quaternary nitrogens is 1. The first-order valence-corrected chi connectivity index (χ1v) is 8.17. The third-order valence-corrected chi connectivity index (χ3v) is 3.92. The SMILES string of the molecule is CCCNC(=O)NC(=O)C[NH+](Cc1ccc(OC)cc1)C1CC1. The maximum atomic E-state index is 12.0. The highest BCUT2D eigenvalue weighted by Crippen LogP contribution is 2.16. The van der Waals surface area contributed by atoms with E-state index < -0.39 is 6.03 Å². The Balaban J connectivity index is 1.85. The van der Waals surface area contributed by atoms with E-state index in [2.05, 4.69) is 10.6 Å². The van der Waals surface area contributed by atoms with Gasteiger partial charge < -0.3 is 15.0 Å². The van der Waals surface area contributed by atoms with Crippen molar-refractivity contribution in [3.8, 4) is 5.75 Å². The molecular weight excluding hydrogens is 294 g/mol. The Morgan fingerprint density at radius 3 is 2.52 bits per heavy atom. The van der Waals surface area contributed by atoms with Crippen molar-refractivity contribution in [3.05, 3.63) is 29.8 Å². The van der Waals surface area contributed by atoms with E-state index in [-0.39, 0.29) is 5.91 Å². The predicted molar refractivity (Wildman–Crippen MR) is 87.4 cm³/mol. The number of urea groups is 1. The number of methoxy groups -OCH3 is 1. The molecule has 0 saturated heterocycles. The fourth-order valence-electron chi connectivity index (χ4n) is 2.51. The monoisotopic (exact) mass is 320 g/mol. The molecule has 1 aliphatic rings. The second-order valence-corrected chi connectivity index (χ2v) is 5.94. The van der Waals surface area contributed by atoms with Crippen molar-refractivity contribution in [1.29, 1.82) is 0 Å². The highest BCUT2D eigenvalue weighted by atomic mass is 16.5. The van der Waals surface area contributed by atoms with Crippen LogP contribution >= 0.6 is 0 Å². The fourth-order valence-corrected chi connectivity index (χ4v) is 2.51. The predicted octanol–water partition coefficient (Wildman–Crippen LogP) is 0.478. The van der Waals surface area contributed by atoms with Gasteiger partial charge in [-0.05, 0) is 30.7 Å². The zero-order valence-corrected chi connectivity index (χ0v) is 13.9. The zero-order valence-electron chi connectivity index (χ0n) is 13.9. The summed E-state index contributed by atoms with van der Waals surface area (Å²) in [6.07, 6.45) is 3.13. The number of imide groups is 1. The topological polar surface area (TPSA) is 71.9 Å². The summed E-state index contributed by atoms with van der Waals surface area (Å²) >= 11 is 0. The molecule has 1 fully saturated rings. The second kappa shape index (κ2) is 8.53. The maximum Gasteiger partial charge on any atom is 0.321 e. The van der Waals surface area contributed by atoms with Crippen LogP contribution in [0.15, 0.2) is 24.3 Å². The molecule has 0 aromatic heterocycles. The summed E-state index contributed by atoms with van der Waals surface area (Å²) in [5, 5.41) is 5.05. The molecular formula is C17H26N3O3+. The lowest BCUT2D eigenvalue weighted by Crippen LogP contribution is -3.13. The quantitative estimate of drug-likeness (QED) is 0.652. The Morgan fingerprint density at radius 1 is 1.26 bits per heavy atom. The van der Waals surface area contributed by atoms with Gasteiger partial charge in [0.2, 0.25) is 0 Å². The van der Waals surface area contributed by atoms with Crippen LogP contribution in [0.2, 0.25) is 0 Å². The summed E-state index contributed by atoms with van der Waals surface area (Å²) in [4.78, 5) is 24.8. The molecule has 0 radical (unpaired) electrons. The summed E-state index contributed by atoms with van der Waals surface area (Å²) < 4.78 is 5.16. The molecule has 1 unspecified atom stereocenters. The van der Waals surface area contributed by atoms with Crippen molar-refractivity contribution in [1.82, 2.24) is 10.6 Å². The highest BCUT2D eigenvalue weighted by Gasteiger charge is 2.34. The van der Waals surface area contributed by atoms with Gasteiger partial charge in [-0.25, -0.2) is 4.79 Å². The number of carbonyl (C=O) groups excluding carboxylic acids is 2. The van der Waals surface area contributed by atoms with Crippen LogP contribution in [0, 0.1) is 0 Å². The van der Waals surface area contributed by atoms with E-state index >= 15 is 0 Å². The first-order valence-electron chi connectivity index (χ1n) is 8.17. The fraction of sp³-hybridized carbons (Fsp3) is 0.529. The molecule has 6 nitrogen and oxygen atoms in total. The molecule has 1 aliphatic carbocycles. The molecule has 1 saturated carbocycles. The van der Waals surface area contributed by atoms with Gasteiger partial charge in [-0.3, -0.25) is 10.1 Å². The van der Waals surface area contributed by atoms with E-state index in [4.69, 9.17) is 4.74 Å². The number of benzene rings is 1. The van der Waals surface area contributed by atoms with Crippen LogP contribution < -0.4 is 20.3 Å². The Bertz CT molecular complexity index is 526. The van der Waals surface area contributed by atoms with Gasteiger partial charge in [0.1, 0.15) is 12.3 Å². The zero-order chi connectivity index (χ0) is 16.7. The van der Waals surface area contributed by atoms with Gasteiger partial charge in [-0.1, -0.05) is 6.92 Å². The van der Waals surface area contributed by atoms with E-state index in [1.54, 1.807) is 7.11 Å². The molecule has 1 aromatic carbocycles. The van der Waals surface area contributed by atoms with Gasteiger partial charge in [0, 0.05) is 24.9 Å². The molecule has 3 amide bonds. The van der Waals surface area contributed by atoms with Crippen molar-refractivity contribution < 1.29 is 19.2 Å². The lowest BCUT2D eigenvalue weighted by Gasteiger charge is -2.18. The number of amides is 3. The summed E-state index contributed by atoms with van der Waals surface area (Å²) in [5.74, 6) is 0.598. The molecule has 6 heteroatoms. The lowest BCUT2D eigenvalue weighted by atomic mass is 10.2. The minimum absolute atomic E-state index is 0.228. The molecule has 23 heavy (non-hydrogen) atoms. The van der Waals surface area contributed by atoms with E-state index in [1.807, 2.05) is 31.2 Å². The minimum atomic E-state index is -0.406. The van der Waals surface area contributed by atoms with Crippen LogP contribution in [0.3, 0.4) is 0 Å². The van der Waals surface area contributed by atoms with Crippen molar-refractivity contribution >= 4 is 11.9 Å². The van der Waals surface area contributed by atoms with Gasteiger partial charge >= 0.3 is 6.03 Å². The molecule has 1 aromatic rings. The molecule has 0 spiro atoms. The largest absolute Gasteiger partial charge is 0.497 e. The van der Waals surface area contributed by atoms with Gasteiger partial charge in [-0.15, -0.1) is 0 Å². The number of nitrogens with one attached hydrogen (secondary N) is 3. The Morgan fingerprint density at radius 2 is 1.96 bits per heavy atom. The van der Waals surface area contributed by atoms with Crippen LogP contribution in [-0.4, -0.2) is 38.2 Å². The number of hydrogen-bond acceptors (Lipinski definition) is 3. The molecule has 0 heterocycles. The van der Waals surface area contributed by atoms with Crippen LogP contribution in [0.1, 0.15) is 31.7 Å². The summed E-state index contributed by atoms with van der Waals surface area (Å²) in [6.45, 7) is 3.63. The molecule has 126 valence electrons. The van der Waals surface area contributed by atoms with E-state index in [1.165, 1.54) is 4.90 Å². The van der Waals surface area contributed by atoms with E-state index in [0.29, 0.717) is 19.1 Å². The first-order chi connectivity index (χ1) is 11.1. The number of rotatable bonds is 8. The Kier molecular flexibility index (Phi) is 6.40. The van der Waals surface area contributed by atoms with Crippen molar-refractivity contribution in [2.24, 2.45) is 0 Å². The van der Waals surface area contributed by atoms with Gasteiger partial charge in [0.25, 0.3) is 5.91 Å². The Hall–Kier alpha value is -2.08. The second-order valence-electron chi connectivity index (χ2n) is 5.94. The first kappa shape index (κ1) is 17.3.